The van der Waals surface area contributed by atoms with Gasteiger partial charge in [0.05, 0.1) is 17.1 Å². The van der Waals surface area contributed by atoms with Crippen LogP contribution in [0.5, 0.6) is 5.88 Å². The first-order chi connectivity index (χ1) is 8.78. The molecule has 0 aromatic carbocycles. The third-order valence-electron chi connectivity index (χ3n) is 2.08. The molecule has 0 bridgehead atoms. The Kier molecular flexibility index (Phi) is 5.65. The van der Waals surface area contributed by atoms with Crippen LogP contribution in [-0.4, -0.2) is 24.4 Å². The first kappa shape index (κ1) is 16.3. The average Bonchev–Trinajstić information content (AvgIpc) is 2.32. The summed E-state index contributed by atoms with van der Waals surface area (Å²) in [6.07, 6.45) is -3.90. The Bertz CT molecular complexity index is 482. The molecule has 1 aromatic heterocycles. The summed E-state index contributed by atoms with van der Waals surface area (Å²) >= 11 is 7.28. The second-order valence-corrected chi connectivity index (χ2v) is 4.66. The average molecular weight is 410 g/mol. The van der Waals surface area contributed by atoms with E-state index in [-0.39, 0.29) is 15.9 Å². The van der Waals surface area contributed by atoms with Crippen LogP contribution in [0.2, 0.25) is 0 Å². The monoisotopic (exact) mass is 409 g/mol. The van der Waals surface area contributed by atoms with E-state index < -0.39 is 18.2 Å². The third kappa shape index (κ3) is 4.68. The Morgan fingerprint density at radius 3 is 2.63 bits per heavy atom. The second kappa shape index (κ2) is 6.60. The molecule has 0 radical (unpaired) electrons. The number of hydrogen-bond acceptors (Lipinski definition) is 4. The molecule has 106 valence electrons. The topological polar surface area (TPSA) is 48.4 Å². The first-order valence-electron chi connectivity index (χ1n) is 4.83. The molecule has 0 N–H and O–H groups in total. The van der Waals surface area contributed by atoms with Crippen LogP contribution < -0.4 is 4.74 Å². The van der Waals surface area contributed by atoms with Crippen molar-refractivity contribution in [3.63, 3.8) is 0 Å². The molecule has 0 spiro atoms. The van der Waals surface area contributed by atoms with E-state index >= 15 is 0 Å². The number of methoxy groups -OCH3 is 1. The second-order valence-electron chi connectivity index (χ2n) is 3.32. The van der Waals surface area contributed by atoms with Gasteiger partial charge in [0, 0.05) is 12.1 Å². The summed E-state index contributed by atoms with van der Waals surface area (Å²) in [5.41, 5.74) is 0.766. The van der Waals surface area contributed by atoms with Gasteiger partial charge in [0.1, 0.15) is 0 Å². The van der Waals surface area contributed by atoms with Crippen molar-refractivity contribution >= 4 is 40.2 Å². The van der Waals surface area contributed by atoms with E-state index in [1.807, 2.05) is 0 Å². The zero-order valence-corrected chi connectivity index (χ0v) is 12.5. The van der Waals surface area contributed by atoms with Gasteiger partial charge in [0.15, 0.2) is 0 Å². The number of pyridine rings is 1. The molecule has 0 fully saturated rings. The minimum Gasteiger partial charge on any atom is -0.469 e. The highest BCUT2D eigenvalue weighted by Crippen LogP contribution is 2.30. The van der Waals surface area contributed by atoms with E-state index in [1.54, 1.807) is 22.6 Å². The summed E-state index contributed by atoms with van der Waals surface area (Å²) in [5.74, 6) is -1.18. The summed E-state index contributed by atoms with van der Waals surface area (Å²) in [5, 5.41) is 0. The lowest BCUT2D eigenvalue weighted by atomic mass is 10.1. The molecule has 0 aliphatic heterocycles. The van der Waals surface area contributed by atoms with Crippen molar-refractivity contribution in [1.82, 2.24) is 4.98 Å². The predicted molar refractivity (Wildman–Crippen MR) is 68.9 cm³/mol. The summed E-state index contributed by atoms with van der Waals surface area (Å²) in [6, 6.07) is 0. The summed E-state index contributed by atoms with van der Waals surface area (Å²) in [7, 11) is 1.18. The van der Waals surface area contributed by atoms with Crippen LogP contribution >= 0.6 is 34.2 Å². The summed E-state index contributed by atoms with van der Waals surface area (Å²) < 4.78 is 44.9. The summed E-state index contributed by atoms with van der Waals surface area (Å²) in [4.78, 5) is 14.8. The Morgan fingerprint density at radius 2 is 2.16 bits per heavy atom. The lowest BCUT2D eigenvalue weighted by Crippen LogP contribution is -2.20. The number of nitrogens with zero attached hydrogens (tertiary/aromatic N) is 1. The van der Waals surface area contributed by atoms with Crippen molar-refractivity contribution in [3.8, 4) is 5.88 Å². The van der Waals surface area contributed by atoms with E-state index in [0.717, 1.165) is 6.20 Å². The van der Waals surface area contributed by atoms with Crippen molar-refractivity contribution in [1.29, 1.82) is 0 Å². The fourth-order valence-corrected chi connectivity index (χ4v) is 2.26. The fourth-order valence-electron chi connectivity index (χ4n) is 1.24. The van der Waals surface area contributed by atoms with Crippen LogP contribution in [0, 0.1) is 3.57 Å². The third-order valence-corrected chi connectivity index (χ3v) is 3.48. The Labute approximate surface area is 125 Å². The fraction of sp³-hybridized carbons (Fsp3) is 0.400. The zero-order chi connectivity index (χ0) is 14.6. The molecule has 4 nitrogen and oxygen atoms in total. The molecule has 0 amide bonds. The van der Waals surface area contributed by atoms with Crippen LogP contribution in [-0.2, 0) is 21.8 Å². The molecule has 0 atom stereocenters. The number of halogens is 5. The van der Waals surface area contributed by atoms with Crippen molar-refractivity contribution in [2.75, 3.05) is 7.11 Å². The molecule has 1 rings (SSSR count). The van der Waals surface area contributed by atoms with Crippen molar-refractivity contribution in [2.45, 2.75) is 18.7 Å². The quantitative estimate of drug-likeness (QED) is 0.436. The zero-order valence-electron chi connectivity index (χ0n) is 9.55. The van der Waals surface area contributed by atoms with E-state index in [4.69, 9.17) is 11.6 Å². The standard InChI is InChI=1S/C10H8ClF3INO3/c1-18-7(17)2-6-5(3-11)4-16-9(8(6)15)19-10(12,13)14/h4H,2-3H2,1H3. The minimum atomic E-state index is -4.85. The van der Waals surface area contributed by atoms with Crippen molar-refractivity contribution in [3.05, 3.63) is 20.9 Å². The molecule has 0 unspecified atom stereocenters. The van der Waals surface area contributed by atoms with Crippen LogP contribution in [0.4, 0.5) is 13.2 Å². The van der Waals surface area contributed by atoms with Crippen molar-refractivity contribution < 1.29 is 27.4 Å². The van der Waals surface area contributed by atoms with Gasteiger partial charge >= 0.3 is 12.3 Å². The van der Waals surface area contributed by atoms with Gasteiger partial charge in [0.2, 0.25) is 5.88 Å². The number of rotatable bonds is 4. The highest BCUT2D eigenvalue weighted by atomic mass is 127. The maximum Gasteiger partial charge on any atom is 0.574 e. The van der Waals surface area contributed by atoms with E-state index in [1.165, 1.54) is 7.11 Å². The summed E-state index contributed by atoms with van der Waals surface area (Å²) in [6.45, 7) is 0. The van der Waals surface area contributed by atoms with Crippen LogP contribution in [0.3, 0.4) is 0 Å². The van der Waals surface area contributed by atoms with E-state index in [9.17, 15) is 18.0 Å². The van der Waals surface area contributed by atoms with E-state index in [2.05, 4.69) is 14.5 Å². The maximum atomic E-state index is 12.2. The molecule has 1 heterocycles. The number of ether oxygens (including phenoxy) is 2. The molecule has 0 saturated carbocycles. The molecule has 0 aliphatic rings. The largest absolute Gasteiger partial charge is 0.574 e. The van der Waals surface area contributed by atoms with Gasteiger partial charge in [-0.25, -0.2) is 4.98 Å². The molecule has 9 heteroatoms. The molecular weight excluding hydrogens is 401 g/mol. The minimum absolute atomic E-state index is 0.0155. The van der Waals surface area contributed by atoms with Gasteiger partial charge in [-0.05, 0) is 33.7 Å². The Morgan fingerprint density at radius 1 is 1.53 bits per heavy atom. The maximum absolute atomic E-state index is 12.2. The molecule has 1 aromatic rings. The molecule has 19 heavy (non-hydrogen) atoms. The van der Waals surface area contributed by atoms with Crippen molar-refractivity contribution in [2.24, 2.45) is 0 Å². The highest BCUT2D eigenvalue weighted by Gasteiger charge is 2.33. The Balaban J connectivity index is 3.18. The molecule has 0 aliphatic carbocycles. The van der Waals surface area contributed by atoms with Crippen LogP contribution in [0.25, 0.3) is 0 Å². The lowest BCUT2D eigenvalue weighted by Gasteiger charge is -2.14. The van der Waals surface area contributed by atoms with Crippen LogP contribution in [0.15, 0.2) is 6.20 Å². The number of alkyl halides is 4. The lowest BCUT2D eigenvalue weighted by molar-refractivity contribution is -0.276. The van der Waals surface area contributed by atoms with Crippen LogP contribution in [0.1, 0.15) is 11.1 Å². The van der Waals surface area contributed by atoms with Gasteiger partial charge in [-0.3, -0.25) is 4.79 Å². The normalized spacial score (nSPS) is 11.3. The molecule has 0 saturated heterocycles. The van der Waals surface area contributed by atoms with Gasteiger partial charge in [0.25, 0.3) is 0 Å². The first-order valence-corrected chi connectivity index (χ1v) is 6.44. The number of esters is 1. The molecular formula is C10H8ClF3INO3. The highest BCUT2D eigenvalue weighted by molar-refractivity contribution is 14.1. The van der Waals surface area contributed by atoms with Gasteiger partial charge in [-0.2, -0.15) is 0 Å². The predicted octanol–water partition coefficient (Wildman–Crippen LogP) is 3.04. The SMILES string of the molecule is COC(=O)Cc1c(CCl)cnc(OC(F)(F)F)c1I. The van der Waals surface area contributed by atoms with E-state index in [0.29, 0.717) is 11.1 Å². The number of carbonyl (C=O) groups is 1. The smallest absolute Gasteiger partial charge is 0.469 e. The number of carbonyl (C=O) groups excluding carboxylic acids is 1. The number of hydrogen-bond donors (Lipinski definition) is 0. The van der Waals surface area contributed by atoms with Gasteiger partial charge in [-0.1, -0.05) is 0 Å². The number of aromatic nitrogens is 1. The van der Waals surface area contributed by atoms with Gasteiger partial charge in [-0.15, -0.1) is 24.8 Å². The Hall–Kier alpha value is -0.770. The van der Waals surface area contributed by atoms with Gasteiger partial charge < -0.3 is 9.47 Å².